The molecule has 1 aliphatic rings. The van der Waals surface area contributed by atoms with E-state index < -0.39 is 0 Å². The number of hydrogen-bond acceptors (Lipinski definition) is 4. The van der Waals surface area contributed by atoms with E-state index in [9.17, 15) is 4.79 Å². The van der Waals surface area contributed by atoms with E-state index in [-0.39, 0.29) is 11.9 Å². The first-order chi connectivity index (χ1) is 8.08. The van der Waals surface area contributed by atoms with Gasteiger partial charge in [-0.3, -0.25) is 4.79 Å². The van der Waals surface area contributed by atoms with Crippen LogP contribution in [-0.4, -0.2) is 46.5 Å². The van der Waals surface area contributed by atoms with Crippen molar-refractivity contribution in [2.75, 3.05) is 24.5 Å². The number of aromatic nitrogens is 2. The maximum Gasteiger partial charge on any atom is 0.225 e. The molecule has 1 atom stereocenters. The molecule has 0 radical (unpaired) electrons. The third-order valence-electron chi connectivity index (χ3n) is 2.94. The van der Waals surface area contributed by atoms with Crippen LogP contribution in [0.1, 0.15) is 13.8 Å². The zero-order chi connectivity index (χ0) is 12.4. The standard InChI is InChI=1S/C11H15BrN4O/c1-8-7-15(9(2)17)3-4-16(8)11-13-5-10(12)6-14-11/h5-6,8H,3-4,7H2,1-2H3. The van der Waals surface area contributed by atoms with Gasteiger partial charge in [-0.25, -0.2) is 9.97 Å². The van der Waals surface area contributed by atoms with Crippen molar-refractivity contribution in [2.24, 2.45) is 0 Å². The number of rotatable bonds is 1. The first kappa shape index (κ1) is 12.3. The zero-order valence-corrected chi connectivity index (χ0v) is 11.5. The molecular formula is C11H15BrN4O. The van der Waals surface area contributed by atoms with Gasteiger partial charge in [-0.05, 0) is 22.9 Å². The lowest BCUT2D eigenvalue weighted by Crippen LogP contribution is -2.53. The molecule has 0 aromatic carbocycles. The van der Waals surface area contributed by atoms with E-state index in [0.717, 1.165) is 30.1 Å². The minimum Gasteiger partial charge on any atom is -0.339 e. The van der Waals surface area contributed by atoms with E-state index in [1.165, 1.54) is 0 Å². The Morgan fingerprint density at radius 3 is 2.59 bits per heavy atom. The van der Waals surface area contributed by atoms with Crippen LogP contribution in [-0.2, 0) is 4.79 Å². The Kier molecular flexibility index (Phi) is 3.61. The number of carbonyl (C=O) groups is 1. The number of anilines is 1. The summed E-state index contributed by atoms with van der Waals surface area (Å²) in [5.41, 5.74) is 0. The van der Waals surface area contributed by atoms with E-state index in [2.05, 4.69) is 37.7 Å². The largest absolute Gasteiger partial charge is 0.339 e. The highest BCUT2D eigenvalue weighted by molar-refractivity contribution is 9.10. The minimum absolute atomic E-state index is 0.133. The fourth-order valence-corrected chi connectivity index (χ4v) is 2.20. The van der Waals surface area contributed by atoms with Crippen LogP contribution in [0.15, 0.2) is 16.9 Å². The van der Waals surface area contributed by atoms with Crippen LogP contribution in [0.5, 0.6) is 0 Å². The van der Waals surface area contributed by atoms with Crippen LogP contribution >= 0.6 is 15.9 Å². The van der Waals surface area contributed by atoms with Gasteiger partial charge in [-0.15, -0.1) is 0 Å². The highest BCUT2D eigenvalue weighted by atomic mass is 79.9. The zero-order valence-electron chi connectivity index (χ0n) is 9.93. The average Bonchev–Trinajstić information content (AvgIpc) is 2.30. The minimum atomic E-state index is 0.133. The van der Waals surface area contributed by atoms with Gasteiger partial charge in [0.25, 0.3) is 0 Å². The Bertz CT molecular complexity index is 408. The second-order valence-corrected chi connectivity index (χ2v) is 5.12. The lowest BCUT2D eigenvalue weighted by molar-refractivity contribution is -0.129. The molecule has 2 rings (SSSR count). The van der Waals surface area contributed by atoms with Gasteiger partial charge in [-0.2, -0.15) is 0 Å². The molecule has 0 N–H and O–H groups in total. The third-order valence-corrected chi connectivity index (χ3v) is 3.35. The number of piperazine rings is 1. The fourth-order valence-electron chi connectivity index (χ4n) is 1.99. The van der Waals surface area contributed by atoms with Crippen molar-refractivity contribution < 1.29 is 4.79 Å². The Morgan fingerprint density at radius 2 is 2.06 bits per heavy atom. The lowest BCUT2D eigenvalue weighted by atomic mass is 10.2. The van der Waals surface area contributed by atoms with Crippen LogP contribution in [0.4, 0.5) is 5.95 Å². The normalized spacial score (nSPS) is 20.5. The quantitative estimate of drug-likeness (QED) is 0.784. The summed E-state index contributed by atoms with van der Waals surface area (Å²) >= 11 is 3.32. The highest BCUT2D eigenvalue weighted by Crippen LogP contribution is 2.17. The maximum atomic E-state index is 11.3. The van der Waals surface area contributed by atoms with E-state index in [4.69, 9.17) is 0 Å². The first-order valence-corrected chi connectivity index (χ1v) is 6.37. The monoisotopic (exact) mass is 298 g/mol. The van der Waals surface area contributed by atoms with Crippen molar-refractivity contribution in [3.05, 3.63) is 16.9 Å². The Hall–Kier alpha value is -1.17. The fraction of sp³-hybridized carbons (Fsp3) is 0.545. The molecule has 1 amide bonds. The van der Waals surface area contributed by atoms with E-state index >= 15 is 0 Å². The summed E-state index contributed by atoms with van der Waals surface area (Å²) in [4.78, 5) is 23.9. The number of nitrogens with zero attached hydrogens (tertiary/aromatic N) is 4. The number of halogens is 1. The second kappa shape index (κ2) is 5.00. The molecular weight excluding hydrogens is 284 g/mol. The van der Waals surface area contributed by atoms with Crippen LogP contribution in [0.3, 0.4) is 0 Å². The molecule has 0 aliphatic carbocycles. The summed E-state index contributed by atoms with van der Waals surface area (Å²) < 4.78 is 0.872. The van der Waals surface area contributed by atoms with Crippen molar-refractivity contribution in [2.45, 2.75) is 19.9 Å². The molecule has 0 saturated carbocycles. The second-order valence-electron chi connectivity index (χ2n) is 4.21. The molecule has 1 saturated heterocycles. The summed E-state index contributed by atoms with van der Waals surface area (Å²) in [7, 11) is 0. The van der Waals surface area contributed by atoms with Gasteiger partial charge in [0.15, 0.2) is 0 Å². The summed E-state index contributed by atoms with van der Waals surface area (Å²) in [6.45, 7) is 5.94. The molecule has 0 spiro atoms. The molecule has 5 nitrogen and oxygen atoms in total. The van der Waals surface area contributed by atoms with E-state index in [1.54, 1.807) is 19.3 Å². The van der Waals surface area contributed by atoms with Crippen molar-refractivity contribution in [1.82, 2.24) is 14.9 Å². The van der Waals surface area contributed by atoms with Gasteiger partial charge in [0.1, 0.15) is 0 Å². The summed E-state index contributed by atoms with van der Waals surface area (Å²) in [6, 6.07) is 0.244. The maximum absolute atomic E-state index is 11.3. The number of carbonyl (C=O) groups excluding carboxylic acids is 1. The molecule has 1 fully saturated rings. The summed E-state index contributed by atoms with van der Waals surface area (Å²) in [5.74, 6) is 0.858. The summed E-state index contributed by atoms with van der Waals surface area (Å²) in [5, 5.41) is 0. The predicted octanol–water partition coefficient (Wildman–Crippen LogP) is 1.30. The molecule has 17 heavy (non-hydrogen) atoms. The third kappa shape index (κ3) is 2.74. The van der Waals surface area contributed by atoms with Gasteiger partial charge in [0, 0.05) is 45.0 Å². The number of amides is 1. The van der Waals surface area contributed by atoms with Gasteiger partial charge in [0.2, 0.25) is 11.9 Å². The molecule has 1 aromatic rings. The summed E-state index contributed by atoms with van der Waals surface area (Å²) in [6.07, 6.45) is 3.48. The SMILES string of the molecule is CC(=O)N1CCN(c2ncc(Br)cn2)C(C)C1. The molecule has 6 heteroatoms. The van der Waals surface area contributed by atoms with Crippen molar-refractivity contribution in [1.29, 1.82) is 0 Å². The van der Waals surface area contributed by atoms with Crippen LogP contribution < -0.4 is 4.90 Å². The molecule has 0 bridgehead atoms. The van der Waals surface area contributed by atoms with Crippen LogP contribution in [0.25, 0.3) is 0 Å². The lowest BCUT2D eigenvalue weighted by Gasteiger charge is -2.39. The molecule has 2 heterocycles. The predicted molar refractivity (Wildman–Crippen MR) is 68.8 cm³/mol. The molecule has 1 aromatic heterocycles. The van der Waals surface area contributed by atoms with Gasteiger partial charge >= 0.3 is 0 Å². The van der Waals surface area contributed by atoms with Gasteiger partial charge in [-0.1, -0.05) is 0 Å². The van der Waals surface area contributed by atoms with Gasteiger partial charge < -0.3 is 9.80 Å². The van der Waals surface area contributed by atoms with Gasteiger partial charge in [0.05, 0.1) is 4.47 Å². The topological polar surface area (TPSA) is 49.3 Å². The van der Waals surface area contributed by atoms with Crippen molar-refractivity contribution in [3.8, 4) is 0 Å². The Balaban J connectivity index is 2.09. The molecule has 92 valence electrons. The average molecular weight is 299 g/mol. The smallest absolute Gasteiger partial charge is 0.225 e. The number of hydrogen-bond donors (Lipinski definition) is 0. The van der Waals surface area contributed by atoms with E-state index in [1.807, 2.05) is 4.90 Å². The molecule has 1 unspecified atom stereocenters. The first-order valence-electron chi connectivity index (χ1n) is 5.57. The van der Waals surface area contributed by atoms with Crippen molar-refractivity contribution >= 4 is 27.8 Å². The van der Waals surface area contributed by atoms with Crippen LogP contribution in [0, 0.1) is 0 Å². The Morgan fingerprint density at radius 1 is 1.41 bits per heavy atom. The van der Waals surface area contributed by atoms with Crippen LogP contribution in [0.2, 0.25) is 0 Å². The Labute approximate surface area is 109 Å². The van der Waals surface area contributed by atoms with Crippen molar-refractivity contribution in [3.63, 3.8) is 0 Å². The van der Waals surface area contributed by atoms with E-state index in [0.29, 0.717) is 0 Å². The highest BCUT2D eigenvalue weighted by Gasteiger charge is 2.26. The molecule has 1 aliphatic heterocycles.